The molecule has 0 saturated carbocycles. The number of rotatable bonds is 1. The van der Waals surface area contributed by atoms with E-state index in [1.54, 1.807) is 4.68 Å². The minimum Gasteiger partial charge on any atom is -0.441 e. The van der Waals surface area contributed by atoms with Gasteiger partial charge in [-0.25, -0.2) is 4.98 Å². The summed E-state index contributed by atoms with van der Waals surface area (Å²) in [6.07, 6.45) is 0. The third-order valence-corrected chi connectivity index (χ3v) is 3.15. The Labute approximate surface area is 104 Å². The molecule has 0 bridgehead atoms. The molecule has 0 aliphatic carbocycles. The number of hydrogen-bond donors (Lipinski definition) is 1. The molecule has 3 rings (SSSR count). The summed E-state index contributed by atoms with van der Waals surface area (Å²) in [6, 6.07) is 5.88. The highest BCUT2D eigenvalue weighted by molar-refractivity contribution is 5.84. The molecule has 0 aliphatic rings. The molecule has 2 N–H and O–H groups in total. The predicted octanol–water partition coefficient (Wildman–Crippen LogP) is 2.43. The van der Waals surface area contributed by atoms with Gasteiger partial charge in [-0.2, -0.15) is 5.10 Å². The van der Waals surface area contributed by atoms with Crippen LogP contribution in [0.25, 0.3) is 22.2 Å². The van der Waals surface area contributed by atoms with Gasteiger partial charge >= 0.3 is 0 Å². The molecule has 0 aliphatic heterocycles. The maximum Gasteiger partial charge on any atom is 0.192 e. The van der Waals surface area contributed by atoms with Gasteiger partial charge in [0.1, 0.15) is 5.52 Å². The molecule has 5 heteroatoms. The SMILES string of the molecule is Cc1nc2ccc(-c3c(N)nn(C)c3C)cc2o1. The van der Waals surface area contributed by atoms with Crippen LogP contribution in [0.3, 0.4) is 0 Å². The van der Waals surface area contributed by atoms with Crippen LogP contribution in [-0.2, 0) is 7.05 Å². The molecule has 0 unspecified atom stereocenters. The van der Waals surface area contributed by atoms with Crippen LogP contribution in [0.15, 0.2) is 22.6 Å². The third-order valence-electron chi connectivity index (χ3n) is 3.15. The summed E-state index contributed by atoms with van der Waals surface area (Å²) in [7, 11) is 1.88. The van der Waals surface area contributed by atoms with Gasteiger partial charge in [-0.3, -0.25) is 4.68 Å². The van der Waals surface area contributed by atoms with Crippen molar-refractivity contribution in [3.05, 3.63) is 29.8 Å². The molecule has 1 aromatic carbocycles. The smallest absolute Gasteiger partial charge is 0.192 e. The van der Waals surface area contributed by atoms with Gasteiger partial charge < -0.3 is 10.2 Å². The predicted molar refractivity (Wildman–Crippen MR) is 70.1 cm³/mol. The van der Waals surface area contributed by atoms with Gasteiger partial charge in [0.2, 0.25) is 0 Å². The second-order valence-electron chi connectivity index (χ2n) is 4.38. The Bertz CT molecular complexity index is 739. The Balaban J connectivity index is 2.24. The monoisotopic (exact) mass is 242 g/mol. The lowest BCUT2D eigenvalue weighted by atomic mass is 10.1. The number of nitrogen functional groups attached to an aromatic ring is 1. The Morgan fingerprint density at radius 1 is 1.28 bits per heavy atom. The fraction of sp³-hybridized carbons (Fsp3) is 0.231. The summed E-state index contributed by atoms with van der Waals surface area (Å²) in [4.78, 5) is 4.28. The van der Waals surface area contributed by atoms with Crippen LogP contribution < -0.4 is 5.73 Å². The molecular formula is C13H14N4O. The van der Waals surface area contributed by atoms with E-state index in [4.69, 9.17) is 10.2 Å². The number of nitrogens with two attached hydrogens (primary N) is 1. The van der Waals surface area contributed by atoms with Gasteiger partial charge in [0.05, 0.1) is 0 Å². The number of nitrogens with zero attached hydrogens (tertiary/aromatic N) is 3. The van der Waals surface area contributed by atoms with Crippen molar-refractivity contribution in [3.63, 3.8) is 0 Å². The summed E-state index contributed by atoms with van der Waals surface area (Å²) >= 11 is 0. The van der Waals surface area contributed by atoms with E-state index in [9.17, 15) is 0 Å². The first-order valence-electron chi connectivity index (χ1n) is 5.73. The van der Waals surface area contributed by atoms with Crippen molar-refractivity contribution in [1.29, 1.82) is 0 Å². The number of fused-ring (bicyclic) bond motifs is 1. The van der Waals surface area contributed by atoms with Gasteiger partial charge in [0.15, 0.2) is 17.3 Å². The van der Waals surface area contributed by atoms with E-state index in [1.165, 1.54) is 0 Å². The lowest BCUT2D eigenvalue weighted by Crippen LogP contribution is -1.93. The normalized spacial score (nSPS) is 11.3. The fourth-order valence-corrected chi connectivity index (χ4v) is 2.19. The molecule has 3 aromatic rings. The molecular weight excluding hydrogens is 228 g/mol. The van der Waals surface area contributed by atoms with E-state index in [2.05, 4.69) is 10.1 Å². The van der Waals surface area contributed by atoms with Crippen molar-refractivity contribution in [1.82, 2.24) is 14.8 Å². The Kier molecular flexibility index (Phi) is 2.16. The molecule has 0 radical (unpaired) electrons. The quantitative estimate of drug-likeness (QED) is 0.711. The second kappa shape index (κ2) is 3.60. The van der Waals surface area contributed by atoms with E-state index >= 15 is 0 Å². The Morgan fingerprint density at radius 2 is 2.06 bits per heavy atom. The van der Waals surface area contributed by atoms with Crippen LogP contribution in [-0.4, -0.2) is 14.8 Å². The van der Waals surface area contributed by atoms with Crippen LogP contribution >= 0.6 is 0 Å². The van der Waals surface area contributed by atoms with Gasteiger partial charge in [0.25, 0.3) is 0 Å². The van der Waals surface area contributed by atoms with Crippen LogP contribution in [0.1, 0.15) is 11.6 Å². The molecule has 0 atom stereocenters. The highest BCUT2D eigenvalue weighted by Crippen LogP contribution is 2.31. The summed E-state index contributed by atoms with van der Waals surface area (Å²) in [5.41, 5.74) is 10.6. The van der Waals surface area contributed by atoms with E-state index in [1.807, 2.05) is 39.1 Å². The fourth-order valence-electron chi connectivity index (χ4n) is 2.19. The van der Waals surface area contributed by atoms with Crippen LogP contribution in [0.2, 0.25) is 0 Å². The standard InChI is InChI=1S/C13H14N4O/c1-7-12(13(14)16-17(7)3)9-4-5-10-11(6-9)18-8(2)15-10/h4-6H,1-3H3,(H2,14,16). The minimum atomic E-state index is 0.533. The third kappa shape index (κ3) is 1.48. The number of aromatic nitrogens is 3. The highest BCUT2D eigenvalue weighted by Gasteiger charge is 2.13. The van der Waals surface area contributed by atoms with E-state index in [-0.39, 0.29) is 0 Å². The molecule has 2 heterocycles. The number of anilines is 1. The Hall–Kier alpha value is -2.30. The summed E-state index contributed by atoms with van der Waals surface area (Å²) in [6.45, 7) is 3.83. The number of benzene rings is 1. The number of aryl methyl sites for hydroxylation is 2. The molecule has 0 saturated heterocycles. The van der Waals surface area contributed by atoms with Gasteiger partial charge in [-0.05, 0) is 24.6 Å². The van der Waals surface area contributed by atoms with Crippen LogP contribution in [0.4, 0.5) is 5.82 Å². The first-order chi connectivity index (χ1) is 8.56. The zero-order chi connectivity index (χ0) is 12.9. The lowest BCUT2D eigenvalue weighted by molar-refractivity contribution is 0.561. The maximum atomic E-state index is 5.95. The molecule has 18 heavy (non-hydrogen) atoms. The molecule has 2 aromatic heterocycles. The van der Waals surface area contributed by atoms with Crippen LogP contribution in [0, 0.1) is 13.8 Å². The highest BCUT2D eigenvalue weighted by atomic mass is 16.3. The van der Waals surface area contributed by atoms with Gasteiger partial charge in [-0.15, -0.1) is 0 Å². The zero-order valence-electron chi connectivity index (χ0n) is 10.6. The first kappa shape index (κ1) is 10.8. The van der Waals surface area contributed by atoms with Crippen molar-refractivity contribution >= 4 is 16.9 Å². The number of hydrogen-bond acceptors (Lipinski definition) is 4. The molecule has 0 amide bonds. The molecule has 5 nitrogen and oxygen atoms in total. The summed E-state index contributed by atoms with van der Waals surface area (Å²) in [5.74, 6) is 1.20. The average molecular weight is 242 g/mol. The van der Waals surface area contributed by atoms with Crippen molar-refractivity contribution in [2.75, 3.05) is 5.73 Å². The van der Waals surface area contributed by atoms with E-state index in [0.717, 1.165) is 27.9 Å². The van der Waals surface area contributed by atoms with Crippen molar-refractivity contribution < 1.29 is 4.42 Å². The molecule has 92 valence electrons. The van der Waals surface area contributed by atoms with Crippen molar-refractivity contribution in [2.24, 2.45) is 7.05 Å². The van der Waals surface area contributed by atoms with Crippen molar-refractivity contribution in [2.45, 2.75) is 13.8 Å². The molecule has 0 fully saturated rings. The van der Waals surface area contributed by atoms with E-state index < -0.39 is 0 Å². The van der Waals surface area contributed by atoms with E-state index in [0.29, 0.717) is 11.7 Å². The average Bonchev–Trinajstić information content (AvgIpc) is 2.78. The lowest BCUT2D eigenvalue weighted by Gasteiger charge is -2.01. The van der Waals surface area contributed by atoms with Gasteiger partial charge in [-0.1, -0.05) is 6.07 Å². The van der Waals surface area contributed by atoms with Gasteiger partial charge in [0, 0.05) is 25.2 Å². The first-order valence-corrected chi connectivity index (χ1v) is 5.73. The second-order valence-corrected chi connectivity index (χ2v) is 4.38. The largest absolute Gasteiger partial charge is 0.441 e. The Morgan fingerprint density at radius 3 is 2.72 bits per heavy atom. The molecule has 0 spiro atoms. The zero-order valence-corrected chi connectivity index (χ0v) is 10.6. The van der Waals surface area contributed by atoms with Crippen molar-refractivity contribution in [3.8, 4) is 11.1 Å². The topological polar surface area (TPSA) is 69.9 Å². The summed E-state index contributed by atoms with van der Waals surface area (Å²) in [5, 5.41) is 4.22. The van der Waals surface area contributed by atoms with Crippen LogP contribution in [0.5, 0.6) is 0 Å². The maximum absolute atomic E-state index is 5.95. The minimum absolute atomic E-state index is 0.533. The number of oxazole rings is 1. The summed E-state index contributed by atoms with van der Waals surface area (Å²) < 4.78 is 7.32.